The van der Waals surface area contributed by atoms with Gasteiger partial charge in [-0.05, 0) is 30.9 Å². The molecule has 1 aromatic heterocycles. The Bertz CT molecular complexity index is 377. The molecule has 3 rings (SSSR count). The van der Waals surface area contributed by atoms with Gasteiger partial charge in [0.2, 0.25) is 5.91 Å². The predicted molar refractivity (Wildman–Crippen MR) is 65.6 cm³/mol. The summed E-state index contributed by atoms with van der Waals surface area (Å²) in [6.07, 6.45) is 6.42. The van der Waals surface area contributed by atoms with E-state index in [0.29, 0.717) is 11.8 Å². The summed E-state index contributed by atoms with van der Waals surface area (Å²) in [6.45, 7) is 3.55. The van der Waals surface area contributed by atoms with Crippen LogP contribution in [0.5, 0.6) is 0 Å². The maximum Gasteiger partial charge on any atom is 0.245 e. The fraction of sp³-hybridized carbons (Fsp3) is 0.615. The average molecular weight is 233 g/mol. The second-order valence-electron chi connectivity index (χ2n) is 4.99. The van der Waals surface area contributed by atoms with Crippen LogP contribution in [-0.2, 0) is 4.79 Å². The third kappa shape index (κ3) is 2.22. The minimum absolute atomic E-state index is 0.0445. The molecular formula is C13H19N3O. The van der Waals surface area contributed by atoms with E-state index in [4.69, 9.17) is 0 Å². The molecule has 1 saturated carbocycles. The van der Waals surface area contributed by atoms with Gasteiger partial charge in [-0.3, -0.25) is 4.79 Å². The Labute approximate surface area is 102 Å². The minimum Gasteiger partial charge on any atom is -0.342 e. The van der Waals surface area contributed by atoms with Crippen LogP contribution < -0.4 is 5.32 Å². The van der Waals surface area contributed by atoms with Crippen molar-refractivity contribution in [1.29, 1.82) is 0 Å². The smallest absolute Gasteiger partial charge is 0.245 e. The van der Waals surface area contributed by atoms with Gasteiger partial charge in [0, 0.05) is 38.6 Å². The fourth-order valence-electron chi connectivity index (χ4n) is 2.59. The molecule has 2 fully saturated rings. The number of aromatic nitrogens is 1. The van der Waals surface area contributed by atoms with E-state index in [-0.39, 0.29) is 6.04 Å². The highest BCUT2D eigenvalue weighted by molar-refractivity contribution is 5.81. The van der Waals surface area contributed by atoms with Crippen LogP contribution in [0.2, 0.25) is 0 Å². The number of nitrogens with zero attached hydrogens (tertiary/aromatic N) is 2. The molecule has 1 saturated heterocycles. The van der Waals surface area contributed by atoms with E-state index in [1.807, 2.05) is 29.4 Å². The molecule has 0 bridgehead atoms. The number of hydrogen-bond donors (Lipinski definition) is 1. The normalized spacial score (nSPS) is 22.5. The van der Waals surface area contributed by atoms with Crippen molar-refractivity contribution in [2.45, 2.75) is 18.9 Å². The molecule has 1 unspecified atom stereocenters. The second kappa shape index (κ2) is 4.53. The lowest BCUT2D eigenvalue weighted by Gasteiger charge is -2.31. The summed E-state index contributed by atoms with van der Waals surface area (Å²) in [7, 11) is 0. The molecule has 2 aliphatic rings. The van der Waals surface area contributed by atoms with Crippen molar-refractivity contribution in [1.82, 2.24) is 14.8 Å². The maximum absolute atomic E-state index is 12.6. The van der Waals surface area contributed by atoms with Crippen LogP contribution in [0.1, 0.15) is 18.9 Å². The Hall–Kier alpha value is -1.29. The number of carbonyl (C=O) groups excluding carboxylic acids is 1. The first-order valence-electron chi connectivity index (χ1n) is 6.48. The van der Waals surface area contributed by atoms with Gasteiger partial charge < -0.3 is 14.8 Å². The molecule has 4 nitrogen and oxygen atoms in total. The number of piperazine rings is 1. The SMILES string of the molecule is O=C(C(C1CC1)n1cccc1)N1CCNCC1. The summed E-state index contributed by atoms with van der Waals surface area (Å²) in [6, 6.07) is 4.05. The van der Waals surface area contributed by atoms with Crippen molar-refractivity contribution in [3.8, 4) is 0 Å². The second-order valence-corrected chi connectivity index (χ2v) is 4.99. The average Bonchev–Trinajstić information content (AvgIpc) is 3.05. The van der Waals surface area contributed by atoms with E-state index in [2.05, 4.69) is 9.88 Å². The van der Waals surface area contributed by atoms with Gasteiger partial charge in [0.15, 0.2) is 0 Å². The topological polar surface area (TPSA) is 37.3 Å². The zero-order chi connectivity index (χ0) is 11.7. The fourth-order valence-corrected chi connectivity index (χ4v) is 2.59. The van der Waals surface area contributed by atoms with Gasteiger partial charge in [0.05, 0.1) is 0 Å². The largest absolute Gasteiger partial charge is 0.342 e. The molecule has 1 amide bonds. The summed E-state index contributed by atoms with van der Waals surface area (Å²) in [5, 5.41) is 3.29. The molecule has 0 aromatic carbocycles. The first-order chi connectivity index (χ1) is 8.36. The monoisotopic (exact) mass is 233 g/mol. The maximum atomic E-state index is 12.6. The molecule has 0 radical (unpaired) electrons. The van der Waals surface area contributed by atoms with Gasteiger partial charge in [0.1, 0.15) is 6.04 Å². The van der Waals surface area contributed by atoms with Crippen LogP contribution in [-0.4, -0.2) is 41.6 Å². The van der Waals surface area contributed by atoms with Gasteiger partial charge >= 0.3 is 0 Å². The molecule has 0 spiro atoms. The van der Waals surface area contributed by atoms with Crippen molar-refractivity contribution in [3.63, 3.8) is 0 Å². The minimum atomic E-state index is 0.0445. The van der Waals surface area contributed by atoms with E-state index >= 15 is 0 Å². The Morgan fingerprint density at radius 3 is 2.41 bits per heavy atom. The first-order valence-corrected chi connectivity index (χ1v) is 6.48. The lowest BCUT2D eigenvalue weighted by molar-refractivity contribution is -0.136. The molecule has 4 heteroatoms. The summed E-state index contributed by atoms with van der Waals surface area (Å²) in [4.78, 5) is 14.6. The van der Waals surface area contributed by atoms with Crippen LogP contribution in [0.3, 0.4) is 0 Å². The number of nitrogens with one attached hydrogen (secondary N) is 1. The standard InChI is InChI=1S/C13H19N3O/c17-13(16-9-5-14-6-10-16)12(11-3-4-11)15-7-1-2-8-15/h1-2,7-8,11-12,14H,3-6,9-10H2. The zero-order valence-electron chi connectivity index (χ0n) is 10.0. The van der Waals surface area contributed by atoms with Crippen molar-refractivity contribution in [2.75, 3.05) is 26.2 Å². The third-order valence-electron chi connectivity index (χ3n) is 3.70. The molecule has 17 heavy (non-hydrogen) atoms. The van der Waals surface area contributed by atoms with E-state index in [1.54, 1.807) is 0 Å². The lowest BCUT2D eigenvalue weighted by Crippen LogP contribution is -2.49. The van der Waals surface area contributed by atoms with Gasteiger partial charge in [-0.2, -0.15) is 0 Å². The number of amides is 1. The highest BCUT2D eigenvalue weighted by atomic mass is 16.2. The van der Waals surface area contributed by atoms with Crippen LogP contribution >= 0.6 is 0 Å². The highest BCUT2D eigenvalue weighted by Crippen LogP contribution is 2.40. The summed E-state index contributed by atoms with van der Waals surface area (Å²) in [5.74, 6) is 0.870. The van der Waals surface area contributed by atoms with Gasteiger partial charge in [-0.25, -0.2) is 0 Å². The van der Waals surface area contributed by atoms with Crippen molar-refractivity contribution < 1.29 is 4.79 Å². The lowest BCUT2D eigenvalue weighted by atomic mass is 10.1. The van der Waals surface area contributed by atoms with E-state index in [1.165, 1.54) is 12.8 Å². The van der Waals surface area contributed by atoms with Crippen LogP contribution in [0.15, 0.2) is 24.5 Å². The van der Waals surface area contributed by atoms with Gasteiger partial charge in [0.25, 0.3) is 0 Å². The van der Waals surface area contributed by atoms with Gasteiger partial charge in [-0.15, -0.1) is 0 Å². The van der Waals surface area contributed by atoms with Crippen molar-refractivity contribution >= 4 is 5.91 Å². The molecule has 1 atom stereocenters. The van der Waals surface area contributed by atoms with Crippen LogP contribution in [0, 0.1) is 5.92 Å². The molecule has 1 aliphatic heterocycles. The summed E-state index contributed by atoms with van der Waals surface area (Å²) in [5.41, 5.74) is 0. The molecule has 1 N–H and O–H groups in total. The molecule has 1 aliphatic carbocycles. The first kappa shape index (κ1) is 10.8. The van der Waals surface area contributed by atoms with Crippen LogP contribution in [0.25, 0.3) is 0 Å². The molecular weight excluding hydrogens is 214 g/mol. The number of rotatable bonds is 3. The Balaban J connectivity index is 1.76. The van der Waals surface area contributed by atoms with Gasteiger partial charge in [-0.1, -0.05) is 0 Å². The Morgan fingerprint density at radius 2 is 1.82 bits per heavy atom. The number of carbonyl (C=O) groups is 1. The van der Waals surface area contributed by atoms with Crippen molar-refractivity contribution in [3.05, 3.63) is 24.5 Å². The molecule has 92 valence electrons. The van der Waals surface area contributed by atoms with E-state index in [9.17, 15) is 4.79 Å². The summed E-state index contributed by atoms with van der Waals surface area (Å²) >= 11 is 0. The molecule has 1 aromatic rings. The molecule has 2 heterocycles. The van der Waals surface area contributed by atoms with Crippen LogP contribution in [0.4, 0.5) is 0 Å². The predicted octanol–water partition coefficient (Wildman–Crippen LogP) is 0.871. The van der Waals surface area contributed by atoms with E-state index in [0.717, 1.165) is 26.2 Å². The zero-order valence-corrected chi connectivity index (χ0v) is 10.0. The number of hydrogen-bond acceptors (Lipinski definition) is 2. The quantitative estimate of drug-likeness (QED) is 0.841. The van der Waals surface area contributed by atoms with E-state index < -0.39 is 0 Å². The Kier molecular flexibility index (Phi) is 2.89. The highest BCUT2D eigenvalue weighted by Gasteiger charge is 2.39. The summed E-state index contributed by atoms with van der Waals surface area (Å²) < 4.78 is 2.09. The van der Waals surface area contributed by atoms with Crippen molar-refractivity contribution in [2.24, 2.45) is 5.92 Å². The third-order valence-corrected chi connectivity index (χ3v) is 3.70. The Morgan fingerprint density at radius 1 is 1.18 bits per heavy atom.